The van der Waals surface area contributed by atoms with E-state index in [-0.39, 0.29) is 13.0 Å². The molecular weight excluding hydrogens is 356 g/mol. The van der Waals surface area contributed by atoms with E-state index in [1.807, 2.05) is 36.4 Å². The van der Waals surface area contributed by atoms with Crippen LogP contribution in [0.3, 0.4) is 0 Å². The standard InChI is InChI=1S/C23H32O5/c24-19(16-27-20-6-2-1-3-7-20)12-10-18-11-14-22-21(18)13-9-17(15-28-22)5-4-8-23(25)26/h1-3,6-7,10,12,17-19,21-22,24H,4-5,8-9,11,13-16H2,(H,25,26)/b12-10+/t17-,18-,19+,21+,22-/m0/s1. The number of allylic oxidation sites excluding steroid dienone is 1. The van der Waals surface area contributed by atoms with Crippen molar-refractivity contribution in [2.75, 3.05) is 13.2 Å². The Morgan fingerprint density at radius 3 is 2.82 bits per heavy atom. The maximum Gasteiger partial charge on any atom is 0.303 e. The molecule has 3 rings (SSSR count). The maximum atomic E-state index is 10.7. The van der Waals surface area contributed by atoms with Crippen molar-refractivity contribution in [2.45, 2.75) is 57.2 Å². The highest BCUT2D eigenvalue weighted by Crippen LogP contribution is 2.41. The molecule has 0 spiro atoms. The number of hydrogen-bond donors (Lipinski definition) is 2. The van der Waals surface area contributed by atoms with Crippen LogP contribution in [-0.4, -0.2) is 41.6 Å². The highest BCUT2D eigenvalue weighted by molar-refractivity contribution is 5.66. The summed E-state index contributed by atoms with van der Waals surface area (Å²) < 4.78 is 11.8. The van der Waals surface area contributed by atoms with Gasteiger partial charge in [0, 0.05) is 13.0 Å². The number of carboxylic acids is 1. The van der Waals surface area contributed by atoms with Gasteiger partial charge in [-0.1, -0.05) is 30.4 Å². The van der Waals surface area contributed by atoms with Gasteiger partial charge in [-0.15, -0.1) is 0 Å². The summed E-state index contributed by atoms with van der Waals surface area (Å²) in [7, 11) is 0. The van der Waals surface area contributed by atoms with Crippen LogP contribution in [0.15, 0.2) is 42.5 Å². The number of aliphatic hydroxyl groups excluding tert-OH is 1. The lowest BCUT2D eigenvalue weighted by atomic mass is 9.87. The number of rotatable bonds is 9. The zero-order valence-corrected chi connectivity index (χ0v) is 16.4. The Hall–Kier alpha value is -1.85. The van der Waals surface area contributed by atoms with E-state index in [4.69, 9.17) is 14.6 Å². The molecule has 28 heavy (non-hydrogen) atoms. The van der Waals surface area contributed by atoms with Crippen LogP contribution in [0.1, 0.15) is 44.9 Å². The van der Waals surface area contributed by atoms with Crippen molar-refractivity contribution < 1.29 is 24.5 Å². The first kappa shape index (κ1) is 20.9. The van der Waals surface area contributed by atoms with Crippen LogP contribution in [0.5, 0.6) is 5.75 Å². The molecule has 1 saturated carbocycles. The number of benzene rings is 1. The summed E-state index contributed by atoms with van der Waals surface area (Å²) in [6, 6.07) is 9.53. The van der Waals surface area contributed by atoms with Gasteiger partial charge in [0.2, 0.25) is 0 Å². The molecule has 0 aromatic heterocycles. The molecular formula is C23H32O5. The van der Waals surface area contributed by atoms with Crippen molar-refractivity contribution in [3.05, 3.63) is 42.5 Å². The van der Waals surface area contributed by atoms with Crippen LogP contribution < -0.4 is 4.74 Å². The fraction of sp³-hybridized carbons (Fsp3) is 0.609. The van der Waals surface area contributed by atoms with Gasteiger partial charge in [0.15, 0.2) is 0 Å². The molecule has 1 aliphatic heterocycles. The van der Waals surface area contributed by atoms with Crippen LogP contribution >= 0.6 is 0 Å². The van der Waals surface area contributed by atoms with Gasteiger partial charge in [-0.25, -0.2) is 0 Å². The molecule has 5 heteroatoms. The zero-order valence-electron chi connectivity index (χ0n) is 16.4. The Labute approximate surface area is 167 Å². The first-order chi connectivity index (χ1) is 13.6. The second-order valence-corrected chi connectivity index (χ2v) is 8.08. The highest BCUT2D eigenvalue weighted by atomic mass is 16.5. The molecule has 0 amide bonds. The van der Waals surface area contributed by atoms with Gasteiger partial charge in [-0.05, 0) is 68.4 Å². The van der Waals surface area contributed by atoms with Gasteiger partial charge in [-0.2, -0.15) is 0 Å². The molecule has 1 aliphatic carbocycles. The summed E-state index contributed by atoms with van der Waals surface area (Å²) in [5.41, 5.74) is 0. The minimum Gasteiger partial charge on any atom is -0.491 e. The van der Waals surface area contributed by atoms with Crippen LogP contribution in [0.4, 0.5) is 0 Å². The van der Waals surface area contributed by atoms with Crippen molar-refractivity contribution in [2.24, 2.45) is 17.8 Å². The van der Waals surface area contributed by atoms with Gasteiger partial charge in [0.25, 0.3) is 0 Å². The van der Waals surface area contributed by atoms with Crippen LogP contribution in [0, 0.1) is 17.8 Å². The Balaban J connectivity index is 1.43. The Bertz CT molecular complexity index is 629. The van der Waals surface area contributed by atoms with E-state index in [1.54, 1.807) is 0 Å². The lowest BCUT2D eigenvalue weighted by Gasteiger charge is -2.20. The van der Waals surface area contributed by atoms with Gasteiger partial charge >= 0.3 is 5.97 Å². The van der Waals surface area contributed by atoms with Gasteiger partial charge < -0.3 is 19.7 Å². The zero-order chi connectivity index (χ0) is 19.8. The molecule has 0 unspecified atom stereocenters. The molecule has 0 radical (unpaired) electrons. The smallest absolute Gasteiger partial charge is 0.303 e. The van der Waals surface area contributed by atoms with E-state index in [0.717, 1.165) is 50.9 Å². The van der Waals surface area contributed by atoms with Gasteiger partial charge in [-0.3, -0.25) is 4.79 Å². The number of carbonyl (C=O) groups is 1. The molecule has 1 aromatic rings. The molecule has 1 heterocycles. The number of aliphatic hydroxyl groups is 1. The summed E-state index contributed by atoms with van der Waals surface area (Å²) in [5, 5.41) is 19.0. The monoisotopic (exact) mass is 388 g/mol. The lowest BCUT2D eigenvalue weighted by Crippen LogP contribution is -2.20. The van der Waals surface area contributed by atoms with Crippen molar-refractivity contribution >= 4 is 5.97 Å². The SMILES string of the molecule is O=C(O)CCC[C@H]1CC[C@H]2[C@H](CC[C@@H]2/C=C/[C@@H](O)COc2ccccc2)OC1. The van der Waals surface area contributed by atoms with Crippen LogP contribution in [0.25, 0.3) is 0 Å². The van der Waals surface area contributed by atoms with Crippen molar-refractivity contribution in [3.8, 4) is 5.75 Å². The molecule has 154 valence electrons. The summed E-state index contributed by atoms with van der Waals surface area (Å²) >= 11 is 0. The van der Waals surface area contributed by atoms with E-state index in [2.05, 4.69) is 6.08 Å². The first-order valence-corrected chi connectivity index (χ1v) is 10.5. The number of hydrogen-bond acceptors (Lipinski definition) is 4. The normalized spacial score (nSPS) is 28.6. The second-order valence-electron chi connectivity index (χ2n) is 8.08. The van der Waals surface area contributed by atoms with Gasteiger partial charge in [0.1, 0.15) is 18.5 Å². The predicted molar refractivity (Wildman–Crippen MR) is 107 cm³/mol. The summed E-state index contributed by atoms with van der Waals surface area (Å²) in [6.45, 7) is 1.01. The lowest BCUT2D eigenvalue weighted by molar-refractivity contribution is -0.137. The average molecular weight is 389 g/mol. The van der Waals surface area contributed by atoms with Crippen molar-refractivity contribution in [1.29, 1.82) is 0 Å². The van der Waals surface area contributed by atoms with E-state index in [1.165, 1.54) is 0 Å². The van der Waals surface area contributed by atoms with E-state index >= 15 is 0 Å². The minimum atomic E-state index is -0.716. The number of para-hydroxylation sites is 1. The molecule has 2 N–H and O–H groups in total. The predicted octanol–water partition coefficient (Wildman–Crippen LogP) is 4.06. The summed E-state index contributed by atoms with van der Waals surface area (Å²) in [6.07, 6.45) is 10.0. The molecule has 1 saturated heterocycles. The fourth-order valence-corrected chi connectivity index (χ4v) is 4.47. The van der Waals surface area contributed by atoms with E-state index in [9.17, 15) is 9.90 Å². The minimum absolute atomic E-state index is 0.248. The summed E-state index contributed by atoms with van der Waals surface area (Å²) in [4.78, 5) is 10.7. The largest absolute Gasteiger partial charge is 0.491 e. The van der Waals surface area contributed by atoms with E-state index < -0.39 is 12.1 Å². The first-order valence-electron chi connectivity index (χ1n) is 10.5. The molecule has 5 atom stereocenters. The Kier molecular flexibility index (Phi) is 7.92. The molecule has 5 nitrogen and oxygen atoms in total. The van der Waals surface area contributed by atoms with Crippen LogP contribution in [-0.2, 0) is 9.53 Å². The van der Waals surface area contributed by atoms with Crippen LogP contribution in [0.2, 0.25) is 0 Å². The third-order valence-electron chi connectivity index (χ3n) is 6.01. The topological polar surface area (TPSA) is 76.0 Å². The Morgan fingerprint density at radius 1 is 1.21 bits per heavy atom. The number of fused-ring (bicyclic) bond motifs is 1. The third kappa shape index (κ3) is 6.35. The second kappa shape index (κ2) is 10.6. The molecule has 0 bridgehead atoms. The average Bonchev–Trinajstić information content (AvgIpc) is 2.97. The number of aliphatic carboxylic acids is 1. The fourth-order valence-electron chi connectivity index (χ4n) is 4.47. The number of carboxylic acid groups (broad SMARTS) is 1. The maximum absolute atomic E-state index is 10.7. The summed E-state index contributed by atoms with van der Waals surface area (Å²) in [5.74, 6) is 1.46. The molecule has 2 aliphatic rings. The quantitative estimate of drug-likeness (QED) is 0.624. The third-order valence-corrected chi connectivity index (χ3v) is 6.01. The van der Waals surface area contributed by atoms with Crippen molar-refractivity contribution in [1.82, 2.24) is 0 Å². The Morgan fingerprint density at radius 2 is 2.04 bits per heavy atom. The van der Waals surface area contributed by atoms with Crippen molar-refractivity contribution in [3.63, 3.8) is 0 Å². The van der Waals surface area contributed by atoms with E-state index in [0.29, 0.717) is 23.9 Å². The number of ether oxygens (including phenoxy) is 2. The molecule has 2 fully saturated rings. The molecule has 1 aromatic carbocycles. The highest BCUT2D eigenvalue weighted by Gasteiger charge is 2.37. The van der Waals surface area contributed by atoms with Gasteiger partial charge in [0.05, 0.1) is 6.10 Å².